The molecule has 2 amide bonds. The van der Waals surface area contributed by atoms with E-state index in [0.717, 1.165) is 36.5 Å². The molecule has 4 rings (SSSR count). The maximum Gasteiger partial charge on any atom is 0.237 e. The van der Waals surface area contributed by atoms with Gasteiger partial charge in [0.1, 0.15) is 0 Å². The molecule has 1 aromatic carbocycles. The zero-order valence-corrected chi connectivity index (χ0v) is 17.4. The molecule has 29 heavy (non-hydrogen) atoms. The summed E-state index contributed by atoms with van der Waals surface area (Å²) >= 11 is 6.07. The summed E-state index contributed by atoms with van der Waals surface area (Å²) in [7, 11) is 0. The van der Waals surface area contributed by atoms with E-state index in [-0.39, 0.29) is 29.9 Å². The largest absolute Gasteiger partial charge is 0.378 e. The summed E-state index contributed by atoms with van der Waals surface area (Å²) in [6, 6.07) is 8.18. The predicted octanol–water partition coefficient (Wildman–Crippen LogP) is 1.01. The van der Waals surface area contributed by atoms with Gasteiger partial charge in [0.05, 0.1) is 19.3 Å². The molecule has 3 aliphatic heterocycles. The van der Waals surface area contributed by atoms with Crippen LogP contribution in [0.3, 0.4) is 0 Å². The first kappa shape index (κ1) is 20.6. The third-order valence-electron chi connectivity index (χ3n) is 6.16. The topological polar surface area (TPSA) is 73.9 Å². The number of benzene rings is 1. The number of morpholine rings is 1. The summed E-state index contributed by atoms with van der Waals surface area (Å²) < 4.78 is 5.32. The van der Waals surface area contributed by atoms with E-state index in [1.165, 1.54) is 0 Å². The molecule has 3 saturated heterocycles. The lowest BCUT2D eigenvalue weighted by Crippen LogP contribution is -2.58. The molecule has 3 heterocycles. The second kappa shape index (κ2) is 9.43. The minimum Gasteiger partial charge on any atom is -0.378 e. The molecule has 0 saturated carbocycles. The Bertz CT molecular complexity index is 740. The summed E-state index contributed by atoms with van der Waals surface area (Å²) in [4.78, 5) is 29.1. The third-order valence-corrected chi connectivity index (χ3v) is 6.40. The van der Waals surface area contributed by atoms with E-state index in [0.29, 0.717) is 39.3 Å². The van der Waals surface area contributed by atoms with E-state index in [9.17, 15) is 9.59 Å². The number of piperazine rings is 1. The lowest BCUT2D eigenvalue weighted by Gasteiger charge is -2.37. The van der Waals surface area contributed by atoms with Gasteiger partial charge in [0.2, 0.25) is 11.8 Å². The third kappa shape index (κ3) is 5.09. The Morgan fingerprint density at radius 3 is 2.93 bits per heavy atom. The van der Waals surface area contributed by atoms with Crippen LogP contribution in [0.5, 0.6) is 0 Å². The van der Waals surface area contributed by atoms with Crippen LogP contribution in [0.1, 0.15) is 24.8 Å². The Kier molecular flexibility index (Phi) is 6.70. The highest BCUT2D eigenvalue weighted by molar-refractivity contribution is 6.30. The minimum atomic E-state index is -0.107. The van der Waals surface area contributed by atoms with Gasteiger partial charge in [0.15, 0.2) is 0 Å². The van der Waals surface area contributed by atoms with Gasteiger partial charge in [-0.25, -0.2) is 0 Å². The highest BCUT2D eigenvalue weighted by atomic mass is 35.5. The van der Waals surface area contributed by atoms with Gasteiger partial charge in [-0.05, 0) is 30.5 Å². The summed E-state index contributed by atoms with van der Waals surface area (Å²) in [5, 5.41) is 7.34. The minimum absolute atomic E-state index is 0.104. The lowest BCUT2D eigenvalue weighted by molar-refractivity contribution is -0.136. The van der Waals surface area contributed by atoms with Crippen LogP contribution in [0.15, 0.2) is 24.3 Å². The van der Waals surface area contributed by atoms with E-state index in [1.807, 2.05) is 29.2 Å². The number of amides is 2. The van der Waals surface area contributed by atoms with Gasteiger partial charge in [0, 0.05) is 56.3 Å². The molecule has 3 atom stereocenters. The fraction of sp³-hybridized carbons (Fsp3) is 0.619. The van der Waals surface area contributed by atoms with E-state index in [4.69, 9.17) is 16.3 Å². The van der Waals surface area contributed by atoms with E-state index < -0.39 is 0 Å². The summed E-state index contributed by atoms with van der Waals surface area (Å²) in [6.07, 6.45) is 2.08. The number of fused-ring (bicyclic) bond motifs is 1. The van der Waals surface area contributed by atoms with Crippen molar-refractivity contribution in [2.75, 3.05) is 39.4 Å². The van der Waals surface area contributed by atoms with Crippen LogP contribution in [0.4, 0.5) is 0 Å². The van der Waals surface area contributed by atoms with Gasteiger partial charge in [-0.1, -0.05) is 23.7 Å². The van der Waals surface area contributed by atoms with Crippen molar-refractivity contribution in [3.63, 3.8) is 0 Å². The number of nitrogens with one attached hydrogen (secondary N) is 2. The number of hydrogen-bond donors (Lipinski definition) is 2. The normalized spacial score (nSPS) is 27.6. The molecule has 7 nitrogen and oxygen atoms in total. The average Bonchev–Trinajstić information content (AvgIpc) is 3.18. The predicted molar refractivity (Wildman–Crippen MR) is 111 cm³/mol. The van der Waals surface area contributed by atoms with E-state index in [1.54, 1.807) is 0 Å². The first-order valence-electron chi connectivity index (χ1n) is 10.5. The number of halogens is 1. The van der Waals surface area contributed by atoms with Gasteiger partial charge in [-0.3, -0.25) is 14.5 Å². The Balaban J connectivity index is 1.30. The Morgan fingerprint density at radius 1 is 1.31 bits per heavy atom. The van der Waals surface area contributed by atoms with Crippen LogP contribution in [0.25, 0.3) is 0 Å². The number of nitrogens with zero attached hydrogens (tertiary/aromatic N) is 2. The maximum atomic E-state index is 12.5. The van der Waals surface area contributed by atoms with Gasteiger partial charge in [-0.15, -0.1) is 0 Å². The zero-order valence-electron chi connectivity index (χ0n) is 16.6. The SMILES string of the molecule is O=C1NC[C@@H](CCC(=O)N2CCOCC2)N2C[C@@H](NCc3cccc(Cl)c3)C[C@@H]12. The second-order valence-electron chi connectivity index (χ2n) is 8.09. The number of carbonyl (C=O) groups excluding carboxylic acids is 2. The highest BCUT2D eigenvalue weighted by Gasteiger charge is 2.43. The van der Waals surface area contributed by atoms with Crippen LogP contribution in [0.2, 0.25) is 5.02 Å². The zero-order chi connectivity index (χ0) is 20.2. The van der Waals surface area contributed by atoms with Gasteiger partial charge in [-0.2, -0.15) is 0 Å². The molecule has 3 fully saturated rings. The summed E-state index contributed by atoms with van der Waals surface area (Å²) in [5.41, 5.74) is 1.14. The molecule has 2 N–H and O–H groups in total. The number of carbonyl (C=O) groups is 2. The van der Waals surface area contributed by atoms with Gasteiger partial charge >= 0.3 is 0 Å². The summed E-state index contributed by atoms with van der Waals surface area (Å²) in [6.45, 7) is 4.79. The van der Waals surface area contributed by atoms with E-state index >= 15 is 0 Å². The van der Waals surface area contributed by atoms with Crippen molar-refractivity contribution >= 4 is 23.4 Å². The lowest BCUT2D eigenvalue weighted by atomic mass is 10.0. The van der Waals surface area contributed by atoms with Gasteiger partial charge < -0.3 is 20.3 Å². The Hall–Kier alpha value is -1.67. The maximum absolute atomic E-state index is 12.5. The number of rotatable bonds is 6. The fourth-order valence-electron chi connectivity index (χ4n) is 4.56. The van der Waals surface area contributed by atoms with Crippen LogP contribution in [0, 0.1) is 0 Å². The van der Waals surface area contributed by atoms with E-state index in [2.05, 4.69) is 15.5 Å². The van der Waals surface area contributed by atoms with Crippen LogP contribution >= 0.6 is 11.6 Å². The first-order chi connectivity index (χ1) is 14.1. The van der Waals surface area contributed by atoms with Crippen molar-refractivity contribution in [3.05, 3.63) is 34.9 Å². The van der Waals surface area contributed by atoms with Crippen molar-refractivity contribution < 1.29 is 14.3 Å². The fourth-order valence-corrected chi connectivity index (χ4v) is 4.77. The Labute approximate surface area is 176 Å². The molecular weight excluding hydrogens is 392 g/mol. The molecule has 0 spiro atoms. The molecule has 158 valence electrons. The van der Waals surface area contributed by atoms with Crippen molar-refractivity contribution in [1.82, 2.24) is 20.4 Å². The molecule has 0 radical (unpaired) electrons. The standard InChI is InChI=1S/C21H29ClN4O3/c22-16-3-1-2-15(10-16)12-23-17-11-19-21(28)24-13-18(26(19)14-17)4-5-20(27)25-6-8-29-9-7-25/h1-3,10,17-19,23H,4-9,11-14H2,(H,24,28)/t17-,18+,19-/m0/s1. The molecular formula is C21H29ClN4O3. The van der Waals surface area contributed by atoms with Gasteiger partial charge in [0.25, 0.3) is 0 Å². The van der Waals surface area contributed by atoms with Crippen LogP contribution in [-0.4, -0.2) is 79.1 Å². The average molecular weight is 421 g/mol. The molecule has 0 bridgehead atoms. The number of hydrogen-bond acceptors (Lipinski definition) is 5. The monoisotopic (exact) mass is 420 g/mol. The molecule has 0 aromatic heterocycles. The molecule has 8 heteroatoms. The van der Waals surface area contributed by atoms with Crippen molar-refractivity contribution in [3.8, 4) is 0 Å². The Morgan fingerprint density at radius 2 is 2.14 bits per heavy atom. The molecule has 3 aliphatic rings. The quantitative estimate of drug-likeness (QED) is 0.718. The first-order valence-corrected chi connectivity index (χ1v) is 10.8. The smallest absolute Gasteiger partial charge is 0.237 e. The highest BCUT2D eigenvalue weighted by Crippen LogP contribution is 2.26. The van der Waals surface area contributed by atoms with Crippen molar-refractivity contribution in [2.45, 2.75) is 43.9 Å². The van der Waals surface area contributed by atoms with Crippen molar-refractivity contribution in [1.29, 1.82) is 0 Å². The summed E-state index contributed by atoms with van der Waals surface area (Å²) in [5.74, 6) is 0.296. The second-order valence-corrected chi connectivity index (χ2v) is 8.52. The number of ether oxygens (including phenoxy) is 1. The van der Waals surface area contributed by atoms with Crippen molar-refractivity contribution in [2.24, 2.45) is 0 Å². The van der Waals surface area contributed by atoms with Crippen LogP contribution < -0.4 is 10.6 Å². The molecule has 0 aliphatic carbocycles. The molecule has 0 unspecified atom stereocenters. The van der Waals surface area contributed by atoms with Crippen LogP contribution in [-0.2, 0) is 20.9 Å². The molecule has 1 aromatic rings.